The van der Waals surface area contributed by atoms with Gasteiger partial charge in [0.1, 0.15) is 5.75 Å². The van der Waals surface area contributed by atoms with E-state index < -0.39 is 0 Å². The molecule has 7 heteroatoms. The van der Waals surface area contributed by atoms with Crippen LogP contribution in [0.25, 0.3) is 10.7 Å². The third kappa shape index (κ3) is 3.94. The molecule has 1 aromatic carbocycles. The van der Waals surface area contributed by atoms with Crippen LogP contribution in [-0.2, 0) is 0 Å². The molecule has 0 N–H and O–H groups in total. The van der Waals surface area contributed by atoms with Gasteiger partial charge in [0.25, 0.3) is 0 Å². The lowest BCUT2D eigenvalue weighted by molar-refractivity contribution is 0.0994. The van der Waals surface area contributed by atoms with Gasteiger partial charge >= 0.3 is 0 Å². The summed E-state index contributed by atoms with van der Waals surface area (Å²) in [5.41, 5.74) is 0.689. The van der Waals surface area contributed by atoms with E-state index >= 15 is 0 Å². The molecular weight excluding hydrogens is 378 g/mol. The van der Waals surface area contributed by atoms with Crippen LogP contribution >= 0.6 is 23.1 Å². The molecule has 1 fully saturated rings. The van der Waals surface area contributed by atoms with Crippen LogP contribution in [0.1, 0.15) is 43.1 Å². The molecule has 0 aliphatic heterocycles. The molecule has 0 radical (unpaired) electrons. The fourth-order valence-corrected chi connectivity index (χ4v) is 4.62. The molecule has 2 heterocycles. The molecule has 0 unspecified atom stereocenters. The summed E-state index contributed by atoms with van der Waals surface area (Å²) in [6.45, 7) is 4.49. The number of nitrogens with zero attached hydrogens (tertiary/aromatic N) is 3. The van der Waals surface area contributed by atoms with E-state index in [4.69, 9.17) is 4.74 Å². The number of ether oxygens (including phenoxy) is 1. The summed E-state index contributed by atoms with van der Waals surface area (Å²) in [5, 5.41) is 11.4. The Morgan fingerprint density at radius 1 is 1.30 bits per heavy atom. The van der Waals surface area contributed by atoms with Gasteiger partial charge in [-0.3, -0.25) is 9.36 Å². The Morgan fingerprint density at radius 3 is 2.70 bits per heavy atom. The fraction of sp³-hybridized carbons (Fsp3) is 0.350. The predicted molar refractivity (Wildman–Crippen MR) is 109 cm³/mol. The Labute approximate surface area is 166 Å². The molecule has 1 atom stereocenters. The summed E-state index contributed by atoms with van der Waals surface area (Å²) >= 11 is 3.15. The van der Waals surface area contributed by atoms with Crippen LogP contribution in [0.4, 0.5) is 0 Å². The molecule has 1 aliphatic carbocycles. The zero-order valence-corrected chi connectivity index (χ0v) is 16.9. The number of thioether (sulfide) groups is 1. The van der Waals surface area contributed by atoms with E-state index in [9.17, 15) is 4.79 Å². The van der Waals surface area contributed by atoms with E-state index in [2.05, 4.69) is 20.8 Å². The van der Waals surface area contributed by atoms with Crippen LogP contribution in [0.15, 0.2) is 46.9 Å². The first kappa shape index (κ1) is 18.3. The van der Waals surface area contributed by atoms with Gasteiger partial charge in [-0.2, -0.15) is 0 Å². The average molecular weight is 400 g/mol. The lowest BCUT2D eigenvalue weighted by Gasteiger charge is -2.12. The molecule has 1 saturated carbocycles. The van der Waals surface area contributed by atoms with Crippen molar-refractivity contribution in [3.8, 4) is 16.5 Å². The van der Waals surface area contributed by atoms with Crippen LogP contribution in [0.2, 0.25) is 0 Å². The van der Waals surface area contributed by atoms with Gasteiger partial charge in [0.05, 0.1) is 16.7 Å². The number of carbonyl (C=O) groups is 1. The summed E-state index contributed by atoms with van der Waals surface area (Å²) in [6.07, 6.45) is 2.29. The zero-order chi connectivity index (χ0) is 18.8. The molecule has 1 aliphatic rings. The second-order valence-electron chi connectivity index (χ2n) is 6.47. The quantitative estimate of drug-likeness (QED) is 0.389. The number of ketones is 1. The third-order valence-corrected chi connectivity index (χ3v) is 6.34. The summed E-state index contributed by atoms with van der Waals surface area (Å²) in [7, 11) is 0. The van der Waals surface area contributed by atoms with Crippen LogP contribution in [-0.4, -0.2) is 32.4 Å². The SMILES string of the molecule is CCOc1ccc(C(=O)[C@H](C)Sc2nnc(-c3cccs3)n2C2CC2)cc1. The second kappa shape index (κ2) is 7.86. The number of hydrogen-bond acceptors (Lipinski definition) is 6. The Morgan fingerprint density at radius 2 is 2.07 bits per heavy atom. The Balaban J connectivity index is 1.52. The molecule has 0 spiro atoms. The van der Waals surface area contributed by atoms with Crippen molar-refractivity contribution in [1.82, 2.24) is 14.8 Å². The van der Waals surface area contributed by atoms with E-state index in [0.29, 0.717) is 18.2 Å². The minimum absolute atomic E-state index is 0.0890. The van der Waals surface area contributed by atoms with Crippen molar-refractivity contribution in [3.05, 3.63) is 47.3 Å². The molecule has 0 amide bonds. The number of rotatable bonds is 8. The first-order chi connectivity index (χ1) is 13.2. The van der Waals surface area contributed by atoms with Crippen molar-refractivity contribution in [1.29, 1.82) is 0 Å². The number of benzene rings is 1. The minimum atomic E-state index is -0.235. The highest BCUT2D eigenvalue weighted by Crippen LogP contribution is 2.42. The Kier molecular flexibility index (Phi) is 5.31. The van der Waals surface area contributed by atoms with Gasteiger partial charge in [-0.05, 0) is 62.4 Å². The van der Waals surface area contributed by atoms with E-state index in [1.807, 2.05) is 49.6 Å². The standard InChI is InChI=1S/C20H21N3O2S2/c1-3-25-16-10-6-14(7-11-16)18(24)13(2)27-20-22-21-19(17-5-4-12-26-17)23(20)15-8-9-15/h4-7,10-13,15H,3,8-9H2,1-2H3/t13-/m0/s1. The van der Waals surface area contributed by atoms with Gasteiger partial charge in [0.2, 0.25) is 0 Å². The van der Waals surface area contributed by atoms with Crippen molar-refractivity contribution in [2.24, 2.45) is 0 Å². The van der Waals surface area contributed by atoms with E-state index in [-0.39, 0.29) is 11.0 Å². The number of hydrogen-bond donors (Lipinski definition) is 0. The van der Waals surface area contributed by atoms with Crippen LogP contribution in [0.3, 0.4) is 0 Å². The van der Waals surface area contributed by atoms with Crippen molar-refractivity contribution in [2.45, 2.75) is 43.1 Å². The van der Waals surface area contributed by atoms with Crippen LogP contribution in [0.5, 0.6) is 5.75 Å². The molecular formula is C20H21N3O2S2. The monoisotopic (exact) mass is 399 g/mol. The topological polar surface area (TPSA) is 57.0 Å². The highest BCUT2D eigenvalue weighted by Gasteiger charge is 2.31. The maximum Gasteiger partial charge on any atom is 0.192 e. The molecule has 4 rings (SSSR count). The first-order valence-electron chi connectivity index (χ1n) is 9.10. The summed E-state index contributed by atoms with van der Waals surface area (Å²) in [5.74, 6) is 1.78. The number of Topliss-reactive ketones (excluding diaryl/α,β-unsaturated/α-hetero) is 1. The lowest BCUT2D eigenvalue weighted by Crippen LogP contribution is -2.14. The summed E-state index contributed by atoms with van der Waals surface area (Å²) in [4.78, 5) is 14.0. The highest BCUT2D eigenvalue weighted by molar-refractivity contribution is 8.00. The maximum atomic E-state index is 12.8. The molecule has 3 aromatic rings. The normalized spacial score (nSPS) is 14.9. The second-order valence-corrected chi connectivity index (χ2v) is 8.72. The van der Waals surface area contributed by atoms with E-state index in [1.165, 1.54) is 11.8 Å². The van der Waals surface area contributed by atoms with E-state index in [1.54, 1.807) is 11.3 Å². The number of carbonyl (C=O) groups excluding carboxylic acids is 1. The van der Waals surface area contributed by atoms with Crippen molar-refractivity contribution >= 4 is 28.9 Å². The lowest BCUT2D eigenvalue weighted by atomic mass is 10.1. The molecule has 2 aromatic heterocycles. The average Bonchev–Trinajstić information content (AvgIpc) is 3.20. The molecule has 0 bridgehead atoms. The Bertz CT molecular complexity index is 915. The first-order valence-corrected chi connectivity index (χ1v) is 10.9. The van der Waals surface area contributed by atoms with Gasteiger partial charge in [-0.15, -0.1) is 21.5 Å². The zero-order valence-electron chi connectivity index (χ0n) is 15.3. The van der Waals surface area contributed by atoms with Crippen molar-refractivity contribution < 1.29 is 9.53 Å². The fourth-order valence-electron chi connectivity index (χ4n) is 2.92. The molecule has 5 nitrogen and oxygen atoms in total. The predicted octanol–water partition coefficient (Wildman–Crippen LogP) is 5.10. The largest absolute Gasteiger partial charge is 0.494 e. The Hall–Kier alpha value is -2.12. The van der Waals surface area contributed by atoms with Gasteiger partial charge in [0, 0.05) is 11.6 Å². The van der Waals surface area contributed by atoms with Crippen molar-refractivity contribution in [3.63, 3.8) is 0 Å². The maximum absolute atomic E-state index is 12.8. The highest BCUT2D eigenvalue weighted by atomic mass is 32.2. The van der Waals surface area contributed by atoms with Crippen LogP contribution in [0, 0.1) is 0 Å². The third-order valence-electron chi connectivity index (χ3n) is 4.42. The summed E-state index contributed by atoms with van der Waals surface area (Å²) < 4.78 is 7.65. The minimum Gasteiger partial charge on any atom is -0.494 e. The molecule has 27 heavy (non-hydrogen) atoms. The van der Waals surface area contributed by atoms with Crippen LogP contribution < -0.4 is 4.74 Å². The van der Waals surface area contributed by atoms with Gasteiger partial charge in [0.15, 0.2) is 16.8 Å². The smallest absolute Gasteiger partial charge is 0.192 e. The molecule has 140 valence electrons. The molecule has 0 saturated heterocycles. The van der Waals surface area contributed by atoms with Gasteiger partial charge in [-0.25, -0.2) is 0 Å². The number of aromatic nitrogens is 3. The summed E-state index contributed by atoms with van der Waals surface area (Å²) in [6, 6.07) is 11.9. The van der Waals surface area contributed by atoms with E-state index in [0.717, 1.165) is 34.4 Å². The van der Waals surface area contributed by atoms with Gasteiger partial charge in [-0.1, -0.05) is 17.8 Å². The van der Waals surface area contributed by atoms with Gasteiger partial charge < -0.3 is 4.74 Å². The van der Waals surface area contributed by atoms with Crippen molar-refractivity contribution in [2.75, 3.05) is 6.61 Å². The number of thiophene rings is 1.